The van der Waals surface area contributed by atoms with Gasteiger partial charge in [0.15, 0.2) is 40.6 Å². The number of aliphatic hydroxyl groups is 3. The van der Waals surface area contributed by atoms with Crippen molar-refractivity contribution in [3.05, 3.63) is 106 Å². The van der Waals surface area contributed by atoms with Crippen LogP contribution in [0.5, 0.6) is 0 Å². The summed E-state index contributed by atoms with van der Waals surface area (Å²) in [7, 11) is 4.68. The number of Topliss-reactive ketones (excluding diaryl/α,β-unsaturated/α-hetero) is 5. The highest BCUT2D eigenvalue weighted by atomic mass is 16.3. The van der Waals surface area contributed by atoms with E-state index in [-0.39, 0.29) is 40.6 Å². The number of benzene rings is 3. The molecule has 0 saturated carbocycles. The molecular formula is C45H59N3O9. The van der Waals surface area contributed by atoms with Gasteiger partial charge in [0.1, 0.15) is 5.60 Å². The number of likely N-dealkylation sites (N-methyl/N-ethyl adjacent to an activating group) is 3. The second-order valence-corrected chi connectivity index (χ2v) is 16.0. The standard InChI is InChI=1S/C45H59N3O9/c1-25(2)35(46-9)38(50)29-20-15-16-22-31(29)43(7,55)41(53)30-21-17-23-32(33(30)39(51)36(47-10)26(3)4)44(8,56)42(54)45(57,24-49)34(28-18-13-12-14-19-28)40(52)37(48-11)27(5)6/h12-27,34-37,46-48,55-57H,1-11H3/t34?,35-,36-,37-,43?,44?,45?/m0/s1. The minimum Gasteiger partial charge on any atom is -0.377 e. The highest BCUT2D eigenvalue weighted by molar-refractivity contribution is 6.17. The van der Waals surface area contributed by atoms with Gasteiger partial charge in [-0.3, -0.25) is 28.8 Å². The predicted molar refractivity (Wildman–Crippen MR) is 218 cm³/mol. The molecule has 3 rings (SSSR count). The number of hydrogen-bond acceptors (Lipinski definition) is 12. The minimum absolute atomic E-state index is 0.0367. The third-order valence-corrected chi connectivity index (χ3v) is 10.9. The maximum absolute atomic E-state index is 14.8. The molecule has 0 bridgehead atoms. The Bertz CT molecular complexity index is 1950. The summed E-state index contributed by atoms with van der Waals surface area (Å²) in [6, 6.07) is 15.0. The lowest BCUT2D eigenvalue weighted by Gasteiger charge is -2.38. The fourth-order valence-corrected chi connectivity index (χ4v) is 7.81. The van der Waals surface area contributed by atoms with E-state index in [1.807, 2.05) is 13.8 Å². The molecule has 3 aromatic rings. The van der Waals surface area contributed by atoms with Crippen LogP contribution in [0.1, 0.15) is 109 Å². The van der Waals surface area contributed by atoms with Crippen molar-refractivity contribution in [3.63, 3.8) is 0 Å². The smallest absolute Gasteiger partial charge is 0.208 e. The Morgan fingerprint density at radius 2 is 1.04 bits per heavy atom. The van der Waals surface area contributed by atoms with E-state index in [2.05, 4.69) is 16.0 Å². The van der Waals surface area contributed by atoms with E-state index in [1.165, 1.54) is 63.5 Å². The van der Waals surface area contributed by atoms with E-state index in [1.54, 1.807) is 65.1 Å². The molecule has 4 unspecified atom stereocenters. The molecule has 0 aliphatic heterocycles. The Morgan fingerprint density at radius 1 is 0.579 bits per heavy atom. The molecule has 0 fully saturated rings. The molecule has 57 heavy (non-hydrogen) atoms. The van der Waals surface area contributed by atoms with E-state index >= 15 is 0 Å². The van der Waals surface area contributed by atoms with Crippen LogP contribution >= 0.6 is 0 Å². The molecule has 308 valence electrons. The van der Waals surface area contributed by atoms with Crippen LogP contribution in [-0.4, -0.2) is 95.4 Å². The maximum Gasteiger partial charge on any atom is 0.208 e. The second-order valence-electron chi connectivity index (χ2n) is 16.0. The van der Waals surface area contributed by atoms with Crippen LogP contribution in [0.15, 0.2) is 72.8 Å². The van der Waals surface area contributed by atoms with Crippen LogP contribution < -0.4 is 16.0 Å². The first-order valence-electron chi connectivity index (χ1n) is 19.3. The summed E-state index contributed by atoms with van der Waals surface area (Å²) in [5, 5.41) is 45.7. The molecule has 6 N–H and O–H groups in total. The van der Waals surface area contributed by atoms with Crippen molar-refractivity contribution in [2.75, 3.05) is 21.1 Å². The van der Waals surface area contributed by atoms with Gasteiger partial charge < -0.3 is 31.3 Å². The highest BCUT2D eigenvalue weighted by Crippen LogP contribution is 2.40. The molecule has 0 aliphatic carbocycles. The second kappa shape index (κ2) is 18.8. The lowest BCUT2D eigenvalue weighted by molar-refractivity contribution is -0.164. The minimum atomic E-state index is -3.18. The van der Waals surface area contributed by atoms with Crippen molar-refractivity contribution >= 4 is 35.2 Å². The monoisotopic (exact) mass is 785 g/mol. The predicted octanol–water partition coefficient (Wildman–Crippen LogP) is 3.93. The van der Waals surface area contributed by atoms with E-state index in [9.17, 15) is 44.1 Å². The van der Waals surface area contributed by atoms with Gasteiger partial charge in [0.25, 0.3) is 0 Å². The molecule has 0 spiro atoms. The number of rotatable bonds is 21. The van der Waals surface area contributed by atoms with Crippen LogP contribution in [0, 0.1) is 17.8 Å². The Hall–Kier alpha value is -4.56. The number of carbonyl (C=O) groups excluding carboxylic acids is 6. The summed E-state index contributed by atoms with van der Waals surface area (Å²) in [5.41, 5.74) is -9.67. The zero-order valence-electron chi connectivity index (χ0n) is 34.8. The fourth-order valence-electron chi connectivity index (χ4n) is 7.81. The first-order valence-corrected chi connectivity index (χ1v) is 19.3. The summed E-state index contributed by atoms with van der Waals surface area (Å²) >= 11 is 0. The topological polar surface area (TPSA) is 199 Å². The largest absolute Gasteiger partial charge is 0.377 e. The van der Waals surface area contributed by atoms with Crippen molar-refractivity contribution in [1.82, 2.24) is 16.0 Å². The molecule has 12 heteroatoms. The van der Waals surface area contributed by atoms with Gasteiger partial charge in [0.05, 0.1) is 24.0 Å². The van der Waals surface area contributed by atoms with Gasteiger partial charge in [0, 0.05) is 27.8 Å². The van der Waals surface area contributed by atoms with E-state index in [4.69, 9.17) is 0 Å². The van der Waals surface area contributed by atoms with Gasteiger partial charge in [0.2, 0.25) is 5.78 Å². The van der Waals surface area contributed by atoms with Crippen molar-refractivity contribution in [3.8, 4) is 0 Å². The van der Waals surface area contributed by atoms with Gasteiger partial charge in [-0.05, 0) is 58.3 Å². The van der Waals surface area contributed by atoms with Crippen molar-refractivity contribution in [2.45, 2.75) is 96.2 Å². The number of ketones is 5. The van der Waals surface area contributed by atoms with E-state index in [0.29, 0.717) is 0 Å². The fraction of sp³-hybridized carbons (Fsp3) is 0.467. The number of nitrogens with one attached hydrogen (secondary N) is 3. The number of hydrogen-bond donors (Lipinski definition) is 6. The van der Waals surface area contributed by atoms with Crippen molar-refractivity contribution in [2.24, 2.45) is 17.8 Å². The van der Waals surface area contributed by atoms with Crippen LogP contribution in [0.4, 0.5) is 0 Å². The molecule has 12 nitrogen and oxygen atoms in total. The molecule has 3 aromatic carbocycles. The zero-order chi connectivity index (χ0) is 43.2. The van der Waals surface area contributed by atoms with Crippen molar-refractivity contribution < 1.29 is 44.1 Å². The quantitative estimate of drug-likeness (QED) is 0.0518. The van der Waals surface area contributed by atoms with Gasteiger partial charge in [-0.25, -0.2) is 0 Å². The summed E-state index contributed by atoms with van der Waals surface area (Å²) in [5.74, 6) is -7.06. The molecule has 7 atom stereocenters. The molecule has 0 aromatic heterocycles. The number of aldehydes is 1. The van der Waals surface area contributed by atoms with Gasteiger partial charge >= 0.3 is 0 Å². The lowest BCUT2D eigenvalue weighted by Crippen LogP contribution is -2.59. The average Bonchev–Trinajstić information content (AvgIpc) is 3.17. The summed E-state index contributed by atoms with van der Waals surface area (Å²) in [4.78, 5) is 85.5. The van der Waals surface area contributed by atoms with E-state index < -0.39 is 86.6 Å². The molecule has 0 heterocycles. The normalized spacial score (nSPS) is 17.1. The highest BCUT2D eigenvalue weighted by Gasteiger charge is 2.57. The third kappa shape index (κ3) is 9.12. The molecule has 0 amide bonds. The summed E-state index contributed by atoms with van der Waals surface area (Å²) in [6.07, 6.45) is -0.0816. The molecule has 0 saturated heterocycles. The van der Waals surface area contributed by atoms with Crippen LogP contribution in [0.3, 0.4) is 0 Å². The van der Waals surface area contributed by atoms with Crippen LogP contribution in [0.2, 0.25) is 0 Å². The van der Waals surface area contributed by atoms with Crippen LogP contribution in [-0.2, 0) is 25.6 Å². The van der Waals surface area contributed by atoms with Gasteiger partial charge in [-0.2, -0.15) is 0 Å². The van der Waals surface area contributed by atoms with Gasteiger partial charge in [-0.15, -0.1) is 0 Å². The Labute approximate surface area is 335 Å². The zero-order valence-corrected chi connectivity index (χ0v) is 34.8. The van der Waals surface area contributed by atoms with Crippen LogP contribution in [0.25, 0.3) is 0 Å². The van der Waals surface area contributed by atoms with Gasteiger partial charge in [-0.1, -0.05) is 114 Å². The van der Waals surface area contributed by atoms with E-state index in [0.717, 1.165) is 6.92 Å². The maximum atomic E-state index is 14.8. The van der Waals surface area contributed by atoms with Crippen molar-refractivity contribution in [1.29, 1.82) is 0 Å². The molecule has 0 aliphatic rings. The third-order valence-electron chi connectivity index (χ3n) is 10.9. The molecular weight excluding hydrogens is 727 g/mol. The lowest BCUT2D eigenvalue weighted by atomic mass is 9.68. The number of carbonyl (C=O) groups is 6. The SMILES string of the molecule is CN[C@H](C(=O)c1ccccc1C(C)(O)C(=O)c1cccc(C(C)(O)C(=O)C(O)(C=O)C(C(=O)[C@@H](NC)C(C)C)c2ccccc2)c1C(=O)[C@@H](NC)C(C)C)C(C)C. The Kier molecular flexibility index (Phi) is 15.4. The Morgan fingerprint density at radius 3 is 1.53 bits per heavy atom. The summed E-state index contributed by atoms with van der Waals surface area (Å²) < 4.78 is 0. The first-order chi connectivity index (χ1) is 26.6. The average molecular weight is 786 g/mol. The first kappa shape index (κ1) is 46.8. The Balaban J connectivity index is 2.40. The molecule has 0 radical (unpaired) electrons. The summed E-state index contributed by atoms with van der Waals surface area (Å²) in [6.45, 7) is 12.9.